The van der Waals surface area contributed by atoms with Crippen molar-refractivity contribution in [1.82, 2.24) is 10.9 Å². The first-order chi connectivity index (χ1) is 12.3. The van der Waals surface area contributed by atoms with Crippen LogP contribution >= 0.6 is 27.5 Å². The number of halogens is 2. The summed E-state index contributed by atoms with van der Waals surface area (Å²) in [5.74, 6) is -0.0244. The monoisotopic (exact) mass is 440 g/mol. The Morgan fingerprint density at radius 2 is 1.54 bits per heavy atom. The number of ether oxygens (including phenoxy) is 2. The molecule has 2 amide bonds. The number of carbonyl (C=O) groups is 2. The first kappa shape index (κ1) is 20.1. The highest BCUT2D eigenvalue weighted by atomic mass is 79.9. The molecular formula is C18H18BrClN2O4. The van der Waals surface area contributed by atoms with Gasteiger partial charge in [0.25, 0.3) is 11.8 Å². The molecule has 0 aliphatic carbocycles. The predicted octanol–water partition coefficient (Wildman–Crippen LogP) is 3.32. The van der Waals surface area contributed by atoms with Gasteiger partial charge in [-0.15, -0.1) is 0 Å². The van der Waals surface area contributed by atoms with E-state index >= 15 is 0 Å². The lowest BCUT2D eigenvalue weighted by atomic mass is 10.1. The maximum absolute atomic E-state index is 11.7. The van der Waals surface area contributed by atoms with Gasteiger partial charge in [0.2, 0.25) is 0 Å². The van der Waals surface area contributed by atoms with E-state index in [2.05, 4.69) is 26.8 Å². The Bertz CT molecular complexity index is 746. The fourth-order valence-corrected chi connectivity index (χ4v) is 2.78. The molecule has 2 rings (SSSR count). The molecule has 0 unspecified atom stereocenters. The fourth-order valence-electron chi connectivity index (χ4n) is 2.05. The van der Waals surface area contributed by atoms with E-state index in [-0.39, 0.29) is 13.2 Å². The van der Waals surface area contributed by atoms with Crippen molar-refractivity contribution in [2.45, 2.75) is 13.8 Å². The van der Waals surface area contributed by atoms with Crippen LogP contribution in [0.5, 0.6) is 11.5 Å². The zero-order valence-corrected chi connectivity index (χ0v) is 16.6. The molecule has 6 nitrogen and oxygen atoms in total. The van der Waals surface area contributed by atoms with Crippen molar-refractivity contribution in [3.05, 3.63) is 57.0 Å². The third-order valence-corrected chi connectivity index (χ3v) is 4.07. The zero-order chi connectivity index (χ0) is 19.1. The first-order valence-electron chi connectivity index (χ1n) is 7.70. The van der Waals surface area contributed by atoms with E-state index in [0.29, 0.717) is 16.5 Å². The van der Waals surface area contributed by atoms with Crippen molar-refractivity contribution in [3.63, 3.8) is 0 Å². The van der Waals surface area contributed by atoms with Crippen LogP contribution in [-0.4, -0.2) is 25.0 Å². The Kier molecular flexibility index (Phi) is 7.29. The molecule has 0 fully saturated rings. The molecule has 0 heterocycles. The smallest absolute Gasteiger partial charge is 0.276 e. The Hall–Kier alpha value is -2.25. The molecule has 8 heteroatoms. The Labute approximate surface area is 164 Å². The van der Waals surface area contributed by atoms with Crippen LogP contribution in [0.1, 0.15) is 11.1 Å². The van der Waals surface area contributed by atoms with E-state index < -0.39 is 11.8 Å². The van der Waals surface area contributed by atoms with Crippen LogP contribution in [-0.2, 0) is 9.59 Å². The van der Waals surface area contributed by atoms with Crippen molar-refractivity contribution in [2.75, 3.05) is 13.2 Å². The summed E-state index contributed by atoms with van der Waals surface area (Å²) in [6, 6.07) is 10.7. The normalized spacial score (nSPS) is 10.2. The minimum Gasteiger partial charge on any atom is -0.483 e. The van der Waals surface area contributed by atoms with Crippen molar-refractivity contribution in [2.24, 2.45) is 0 Å². The SMILES string of the molecule is Cc1ccc(OCC(=O)NNC(=O)COc2ccc(Br)cc2Cl)c(C)c1. The second-order valence-electron chi connectivity index (χ2n) is 5.52. The lowest BCUT2D eigenvalue weighted by Crippen LogP contribution is -2.45. The molecule has 0 atom stereocenters. The summed E-state index contributed by atoms with van der Waals surface area (Å²) in [5.41, 5.74) is 6.55. The quantitative estimate of drug-likeness (QED) is 0.674. The molecule has 0 spiro atoms. The topological polar surface area (TPSA) is 76.7 Å². The van der Waals surface area contributed by atoms with Gasteiger partial charge in [0.15, 0.2) is 13.2 Å². The number of carbonyl (C=O) groups excluding carboxylic acids is 2. The predicted molar refractivity (Wildman–Crippen MR) is 102 cm³/mol. The molecule has 0 bridgehead atoms. The van der Waals surface area contributed by atoms with Gasteiger partial charge in [0, 0.05) is 4.47 Å². The second kappa shape index (κ2) is 9.45. The summed E-state index contributed by atoms with van der Waals surface area (Å²) in [7, 11) is 0. The average molecular weight is 442 g/mol. The van der Waals surface area contributed by atoms with Gasteiger partial charge in [0.05, 0.1) is 5.02 Å². The average Bonchev–Trinajstić information content (AvgIpc) is 2.58. The highest BCUT2D eigenvalue weighted by Crippen LogP contribution is 2.27. The number of hydrazine groups is 1. The van der Waals surface area contributed by atoms with Gasteiger partial charge in [-0.05, 0) is 43.7 Å². The molecule has 0 radical (unpaired) electrons. The number of aryl methyl sites for hydroxylation is 2. The lowest BCUT2D eigenvalue weighted by molar-refractivity contribution is -0.131. The molecule has 0 aliphatic rings. The highest BCUT2D eigenvalue weighted by molar-refractivity contribution is 9.10. The Balaban J connectivity index is 1.72. The number of hydrogen-bond acceptors (Lipinski definition) is 4. The third-order valence-electron chi connectivity index (χ3n) is 3.28. The van der Waals surface area contributed by atoms with E-state index in [9.17, 15) is 9.59 Å². The highest BCUT2D eigenvalue weighted by Gasteiger charge is 2.09. The largest absolute Gasteiger partial charge is 0.483 e. The Morgan fingerprint density at radius 1 is 0.962 bits per heavy atom. The standard InChI is InChI=1S/C18H18BrClN2O4/c1-11-3-5-15(12(2)7-11)25-9-17(23)21-22-18(24)10-26-16-6-4-13(19)8-14(16)20/h3-8H,9-10H2,1-2H3,(H,21,23)(H,22,24). The summed E-state index contributed by atoms with van der Waals surface area (Å²) >= 11 is 9.27. The van der Waals surface area contributed by atoms with E-state index in [1.807, 2.05) is 26.0 Å². The van der Waals surface area contributed by atoms with E-state index in [0.717, 1.165) is 15.6 Å². The van der Waals surface area contributed by atoms with Gasteiger partial charge >= 0.3 is 0 Å². The number of rotatable bonds is 6. The van der Waals surface area contributed by atoms with Gasteiger partial charge in [-0.3, -0.25) is 20.4 Å². The minimum absolute atomic E-state index is 0.219. The van der Waals surface area contributed by atoms with Crippen LogP contribution < -0.4 is 20.3 Å². The number of nitrogens with one attached hydrogen (secondary N) is 2. The number of amides is 2. The van der Waals surface area contributed by atoms with Crippen molar-refractivity contribution in [3.8, 4) is 11.5 Å². The first-order valence-corrected chi connectivity index (χ1v) is 8.88. The van der Waals surface area contributed by atoms with Crippen LogP contribution in [0.15, 0.2) is 40.9 Å². The molecule has 0 saturated carbocycles. The molecular weight excluding hydrogens is 424 g/mol. The van der Waals surface area contributed by atoms with Crippen LogP contribution in [0.2, 0.25) is 5.02 Å². The molecule has 0 saturated heterocycles. The maximum atomic E-state index is 11.7. The van der Waals surface area contributed by atoms with Crippen molar-refractivity contribution >= 4 is 39.3 Å². The molecule has 0 aliphatic heterocycles. The van der Waals surface area contributed by atoms with E-state index in [4.69, 9.17) is 21.1 Å². The Morgan fingerprint density at radius 3 is 2.12 bits per heavy atom. The van der Waals surface area contributed by atoms with E-state index in [1.165, 1.54) is 0 Å². The maximum Gasteiger partial charge on any atom is 0.276 e. The molecule has 0 aromatic heterocycles. The summed E-state index contributed by atoms with van der Waals surface area (Å²) in [6.45, 7) is 3.36. The van der Waals surface area contributed by atoms with Gasteiger partial charge in [-0.25, -0.2) is 0 Å². The van der Waals surface area contributed by atoms with Crippen LogP contribution in [0.4, 0.5) is 0 Å². The summed E-state index contributed by atoms with van der Waals surface area (Å²) < 4.78 is 11.5. The zero-order valence-electron chi connectivity index (χ0n) is 14.3. The van der Waals surface area contributed by atoms with Crippen molar-refractivity contribution in [1.29, 1.82) is 0 Å². The third kappa shape index (κ3) is 6.24. The van der Waals surface area contributed by atoms with Crippen LogP contribution in [0.25, 0.3) is 0 Å². The number of hydrogen-bond donors (Lipinski definition) is 2. The summed E-state index contributed by atoms with van der Waals surface area (Å²) in [4.78, 5) is 23.5. The van der Waals surface area contributed by atoms with Gasteiger partial charge < -0.3 is 9.47 Å². The lowest BCUT2D eigenvalue weighted by Gasteiger charge is -2.11. The number of benzene rings is 2. The molecule has 26 heavy (non-hydrogen) atoms. The van der Waals surface area contributed by atoms with Gasteiger partial charge in [0.1, 0.15) is 11.5 Å². The second-order valence-corrected chi connectivity index (χ2v) is 6.84. The summed E-state index contributed by atoms with van der Waals surface area (Å²) in [6.07, 6.45) is 0. The minimum atomic E-state index is -0.524. The van der Waals surface area contributed by atoms with E-state index in [1.54, 1.807) is 24.3 Å². The van der Waals surface area contributed by atoms with Crippen LogP contribution in [0.3, 0.4) is 0 Å². The summed E-state index contributed by atoms with van der Waals surface area (Å²) in [5, 5.41) is 0.373. The molecule has 2 aromatic rings. The molecule has 2 aromatic carbocycles. The van der Waals surface area contributed by atoms with Gasteiger partial charge in [-0.1, -0.05) is 45.2 Å². The van der Waals surface area contributed by atoms with Crippen LogP contribution in [0, 0.1) is 13.8 Å². The van der Waals surface area contributed by atoms with Crippen molar-refractivity contribution < 1.29 is 19.1 Å². The van der Waals surface area contributed by atoms with Gasteiger partial charge in [-0.2, -0.15) is 0 Å². The molecule has 138 valence electrons. The molecule has 2 N–H and O–H groups in total. The fraction of sp³-hybridized carbons (Fsp3) is 0.222.